The molecule has 0 aliphatic carbocycles. The van der Waals surface area contributed by atoms with E-state index in [1.54, 1.807) is 6.92 Å². The zero-order chi connectivity index (χ0) is 12.9. The van der Waals surface area contributed by atoms with Gasteiger partial charge in [-0.05, 0) is 26.1 Å². The van der Waals surface area contributed by atoms with Crippen molar-refractivity contribution in [2.24, 2.45) is 0 Å². The fraction of sp³-hybridized carbons (Fsp3) is 0.833. The normalized spacial score (nSPS) is 29.4. The molecule has 0 bridgehead atoms. The van der Waals surface area contributed by atoms with E-state index < -0.39 is 7.49 Å². The zero-order valence-electron chi connectivity index (χ0n) is 11.3. The summed E-state index contributed by atoms with van der Waals surface area (Å²) in [5, 5.41) is 0. The molecule has 1 fully saturated rings. The predicted molar refractivity (Wildman–Crippen MR) is 72.3 cm³/mol. The molecule has 0 N–H and O–H groups in total. The lowest BCUT2D eigenvalue weighted by molar-refractivity contribution is -0.115. The number of rotatable bonds is 5. The standard InChI is InChI=1S/C12H24NO3P/c1-5-13(6-2)17(10-8-11(3)14)15-9-7-12(4)16-17/h10,12H,5-9H2,1-4H3. The van der Waals surface area contributed by atoms with E-state index in [0.29, 0.717) is 6.42 Å². The molecule has 5 heteroatoms. The monoisotopic (exact) mass is 261 g/mol. The quantitative estimate of drug-likeness (QED) is 0.713. The molecule has 2 atom stereocenters. The van der Waals surface area contributed by atoms with Gasteiger partial charge in [-0.1, -0.05) is 13.8 Å². The minimum Gasteiger partial charge on any atom is -0.326 e. The fourth-order valence-electron chi connectivity index (χ4n) is 1.91. The molecule has 0 saturated carbocycles. The SMILES string of the molecule is CCN(CC)P1(=CCC(C)=O)OCCC(C)O1. The highest BCUT2D eigenvalue weighted by molar-refractivity contribution is 7.63. The first-order valence-electron chi connectivity index (χ1n) is 6.35. The summed E-state index contributed by atoms with van der Waals surface area (Å²) in [6.07, 6.45) is 1.56. The van der Waals surface area contributed by atoms with Gasteiger partial charge in [0.05, 0.1) is 12.7 Å². The summed E-state index contributed by atoms with van der Waals surface area (Å²) in [4.78, 5) is 11.2. The first-order chi connectivity index (χ1) is 8.04. The zero-order valence-corrected chi connectivity index (χ0v) is 12.2. The number of hydrogen-bond acceptors (Lipinski definition) is 4. The molecular formula is C12H24NO3P. The van der Waals surface area contributed by atoms with Gasteiger partial charge >= 0.3 is 0 Å². The maximum absolute atomic E-state index is 11.2. The van der Waals surface area contributed by atoms with Gasteiger partial charge in [-0.3, -0.25) is 4.79 Å². The van der Waals surface area contributed by atoms with Crippen molar-refractivity contribution < 1.29 is 13.8 Å². The minimum atomic E-state index is -2.12. The van der Waals surface area contributed by atoms with Gasteiger partial charge in [0.1, 0.15) is 5.78 Å². The van der Waals surface area contributed by atoms with Crippen LogP contribution < -0.4 is 0 Å². The smallest absolute Gasteiger partial charge is 0.193 e. The molecule has 1 rings (SSSR count). The van der Waals surface area contributed by atoms with Gasteiger partial charge in [0.2, 0.25) is 0 Å². The van der Waals surface area contributed by atoms with Crippen LogP contribution in [0.2, 0.25) is 0 Å². The van der Waals surface area contributed by atoms with E-state index in [1.807, 2.05) is 5.80 Å². The van der Waals surface area contributed by atoms with E-state index in [0.717, 1.165) is 26.1 Å². The van der Waals surface area contributed by atoms with Crippen LogP contribution in [-0.2, 0) is 13.8 Å². The van der Waals surface area contributed by atoms with Crippen LogP contribution in [0, 0.1) is 0 Å². The van der Waals surface area contributed by atoms with Gasteiger partial charge < -0.3 is 9.05 Å². The van der Waals surface area contributed by atoms with Crippen molar-refractivity contribution in [2.75, 3.05) is 19.7 Å². The van der Waals surface area contributed by atoms with E-state index in [4.69, 9.17) is 9.05 Å². The molecule has 1 heterocycles. The number of nitrogens with zero attached hydrogens (tertiary/aromatic N) is 1. The topological polar surface area (TPSA) is 38.8 Å². The first-order valence-corrected chi connectivity index (χ1v) is 7.99. The second-order valence-corrected chi connectivity index (χ2v) is 6.86. The Labute approximate surface area is 104 Å². The number of carbonyl (C=O) groups excluding carboxylic acids is 1. The minimum absolute atomic E-state index is 0.155. The van der Waals surface area contributed by atoms with Crippen LogP contribution in [0.15, 0.2) is 0 Å². The predicted octanol–water partition coefficient (Wildman–Crippen LogP) is 2.70. The van der Waals surface area contributed by atoms with Crippen LogP contribution in [0.3, 0.4) is 0 Å². The summed E-state index contributed by atoms with van der Waals surface area (Å²) in [6, 6.07) is 0. The van der Waals surface area contributed by atoms with Crippen LogP contribution in [0.1, 0.15) is 40.5 Å². The Morgan fingerprint density at radius 3 is 2.59 bits per heavy atom. The molecule has 100 valence electrons. The van der Waals surface area contributed by atoms with Crippen molar-refractivity contribution in [2.45, 2.75) is 46.6 Å². The van der Waals surface area contributed by atoms with Gasteiger partial charge in [-0.2, -0.15) is 0 Å². The van der Waals surface area contributed by atoms with Crippen molar-refractivity contribution in [3.8, 4) is 0 Å². The molecule has 1 aliphatic rings. The Morgan fingerprint density at radius 1 is 1.47 bits per heavy atom. The van der Waals surface area contributed by atoms with Gasteiger partial charge in [-0.15, -0.1) is 0 Å². The average molecular weight is 261 g/mol. The lowest BCUT2D eigenvalue weighted by Crippen LogP contribution is -2.30. The molecular weight excluding hydrogens is 237 g/mol. The van der Waals surface area contributed by atoms with E-state index in [9.17, 15) is 4.79 Å². The highest BCUT2D eigenvalue weighted by Gasteiger charge is 2.31. The number of Topliss-reactive ketones (excluding diaryl/α,β-unsaturated/α-hetero) is 1. The van der Waals surface area contributed by atoms with Crippen LogP contribution in [-0.4, -0.2) is 42.1 Å². The summed E-state index contributed by atoms with van der Waals surface area (Å²) in [7, 11) is -2.12. The fourth-order valence-corrected chi connectivity index (χ4v) is 4.96. The Balaban J connectivity index is 2.97. The summed E-state index contributed by atoms with van der Waals surface area (Å²) < 4.78 is 14.2. The molecule has 1 aliphatic heterocycles. The lowest BCUT2D eigenvalue weighted by Gasteiger charge is -2.40. The Morgan fingerprint density at radius 2 is 2.12 bits per heavy atom. The molecule has 0 spiro atoms. The molecule has 17 heavy (non-hydrogen) atoms. The third-order valence-electron chi connectivity index (χ3n) is 2.87. The van der Waals surface area contributed by atoms with Crippen LogP contribution in [0.5, 0.6) is 0 Å². The summed E-state index contributed by atoms with van der Waals surface area (Å²) in [6.45, 7) is 10.3. The molecule has 0 radical (unpaired) electrons. The number of carbonyl (C=O) groups is 1. The summed E-state index contributed by atoms with van der Waals surface area (Å²) in [5.74, 6) is 2.12. The largest absolute Gasteiger partial charge is 0.326 e. The first kappa shape index (κ1) is 14.9. The average Bonchev–Trinajstić information content (AvgIpc) is 2.28. The van der Waals surface area contributed by atoms with Crippen molar-refractivity contribution in [3.63, 3.8) is 0 Å². The summed E-state index contributed by atoms with van der Waals surface area (Å²) >= 11 is 0. The van der Waals surface area contributed by atoms with E-state index >= 15 is 0 Å². The Hall–Kier alpha value is -0.150. The van der Waals surface area contributed by atoms with E-state index in [-0.39, 0.29) is 11.9 Å². The van der Waals surface area contributed by atoms with Crippen molar-refractivity contribution in [1.29, 1.82) is 0 Å². The highest BCUT2D eigenvalue weighted by atomic mass is 31.2. The highest BCUT2D eigenvalue weighted by Crippen LogP contribution is 2.56. The molecule has 0 aromatic heterocycles. The van der Waals surface area contributed by atoms with Gasteiger partial charge in [0, 0.05) is 19.5 Å². The molecule has 0 aromatic rings. The van der Waals surface area contributed by atoms with Crippen molar-refractivity contribution in [1.82, 2.24) is 4.67 Å². The Kier molecular flexibility index (Phi) is 5.87. The van der Waals surface area contributed by atoms with E-state index in [2.05, 4.69) is 25.4 Å². The van der Waals surface area contributed by atoms with Crippen molar-refractivity contribution in [3.05, 3.63) is 0 Å². The molecule has 0 amide bonds. The molecule has 0 aromatic carbocycles. The van der Waals surface area contributed by atoms with Crippen LogP contribution in [0.25, 0.3) is 0 Å². The second-order valence-electron chi connectivity index (χ2n) is 4.33. The number of ketones is 1. The van der Waals surface area contributed by atoms with Crippen LogP contribution >= 0.6 is 7.49 Å². The molecule has 2 unspecified atom stereocenters. The van der Waals surface area contributed by atoms with Crippen molar-refractivity contribution >= 4 is 19.1 Å². The maximum atomic E-state index is 11.2. The van der Waals surface area contributed by atoms with Gasteiger partial charge in [-0.25, -0.2) is 4.67 Å². The summed E-state index contributed by atoms with van der Waals surface area (Å²) in [5.41, 5.74) is 0. The third-order valence-corrected chi connectivity index (χ3v) is 6.08. The molecule has 1 saturated heterocycles. The third kappa shape index (κ3) is 3.92. The lowest BCUT2D eigenvalue weighted by atomic mass is 10.3. The number of hydrogen-bond donors (Lipinski definition) is 0. The maximum Gasteiger partial charge on any atom is 0.193 e. The van der Waals surface area contributed by atoms with E-state index in [1.165, 1.54) is 0 Å². The molecule has 4 nitrogen and oxygen atoms in total. The second kappa shape index (κ2) is 6.69. The van der Waals surface area contributed by atoms with Crippen LogP contribution in [0.4, 0.5) is 0 Å². The van der Waals surface area contributed by atoms with Gasteiger partial charge in [0.25, 0.3) is 0 Å². The Bertz CT molecular complexity index is 313. The van der Waals surface area contributed by atoms with Gasteiger partial charge in [0.15, 0.2) is 7.49 Å².